The van der Waals surface area contributed by atoms with E-state index in [9.17, 15) is 9.90 Å². The minimum absolute atomic E-state index is 0. The molecular weight excluding hydrogens is 374 g/mol. The van der Waals surface area contributed by atoms with Crippen molar-refractivity contribution in [3.05, 3.63) is 51.7 Å². The van der Waals surface area contributed by atoms with Gasteiger partial charge in [-0.3, -0.25) is 0 Å². The zero-order valence-corrected chi connectivity index (χ0v) is 16.4. The van der Waals surface area contributed by atoms with Crippen LogP contribution in [0.5, 0.6) is 5.75 Å². The van der Waals surface area contributed by atoms with Crippen molar-refractivity contribution >= 4 is 29.7 Å². The maximum atomic E-state index is 10.8. The lowest BCUT2D eigenvalue weighted by Crippen LogP contribution is -2.27. The molecule has 144 valence electrons. The molecule has 1 heterocycles. The topological polar surface area (TPSA) is 92.8 Å². The standard InChI is InChI=1S/C19H25NO4S.ClH/c1-13(18(20)21)4-9-17-11-10-16(25-17)3-2-12-24-15-7-5-14(6-8-15)19(22)23;/h5-8,10-11,13,18,21H,2-4,9,12,20H2,1H3,(H,22,23);1H/t13-,18?;/m1./s1. The van der Waals surface area contributed by atoms with Gasteiger partial charge in [-0.25, -0.2) is 4.79 Å². The van der Waals surface area contributed by atoms with E-state index in [1.807, 2.05) is 6.92 Å². The highest BCUT2D eigenvalue weighted by Gasteiger charge is 2.10. The number of ether oxygens (including phenoxy) is 1. The average molecular weight is 400 g/mol. The molecule has 4 N–H and O–H groups in total. The first-order valence-electron chi connectivity index (χ1n) is 8.43. The number of aliphatic hydroxyl groups excluding tert-OH is 1. The van der Waals surface area contributed by atoms with Crippen molar-refractivity contribution in [2.45, 2.75) is 38.8 Å². The molecule has 0 radical (unpaired) electrons. The molecule has 0 aliphatic rings. The van der Waals surface area contributed by atoms with Gasteiger partial charge in [0.1, 0.15) is 12.0 Å². The van der Waals surface area contributed by atoms with E-state index in [1.165, 1.54) is 9.75 Å². The second-order valence-corrected chi connectivity index (χ2v) is 7.41. The van der Waals surface area contributed by atoms with E-state index in [0.717, 1.165) is 25.7 Å². The zero-order chi connectivity index (χ0) is 18.2. The zero-order valence-electron chi connectivity index (χ0n) is 14.8. The molecule has 0 spiro atoms. The first-order valence-corrected chi connectivity index (χ1v) is 9.24. The van der Waals surface area contributed by atoms with Gasteiger partial charge in [0.25, 0.3) is 0 Å². The monoisotopic (exact) mass is 399 g/mol. The number of aromatic carboxylic acids is 1. The van der Waals surface area contributed by atoms with Crippen LogP contribution in [0.1, 0.15) is 39.9 Å². The third kappa shape index (κ3) is 7.33. The Morgan fingerprint density at radius 2 is 1.77 bits per heavy atom. The van der Waals surface area contributed by atoms with Gasteiger partial charge < -0.3 is 20.7 Å². The third-order valence-electron chi connectivity index (χ3n) is 4.08. The molecule has 0 aliphatic heterocycles. The van der Waals surface area contributed by atoms with Crippen LogP contribution in [0.4, 0.5) is 0 Å². The van der Waals surface area contributed by atoms with E-state index < -0.39 is 12.2 Å². The van der Waals surface area contributed by atoms with Crippen molar-refractivity contribution in [2.75, 3.05) is 6.61 Å². The molecule has 0 fully saturated rings. The number of carboxylic acids is 1. The van der Waals surface area contributed by atoms with Crippen LogP contribution in [0, 0.1) is 5.92 Å². The van der Waals surface area contributed by atoms with Crippen LogP contribution >= 0.6 is 23.7 Å². The summed E-state index contributed by atoms with van der Waals surface area (Å²) < 4.78 is 5.64. The highest BCUT2D eigenvalue weighted by atomic mass is 35.5. The van der Waals surface area contributed by atoms with Gasteiger partial charge in [-0.1, -0.05) is 6.92 Å². The van der Waals surface area contributed by atoms with Crippen LogP contribution in [-0.4, -0.2) is 29.0 Å². The number of aliphatic hydroxyl groups is 1. The largest absolute Gasteiger partial charge is 0.494 e. The van der Waals surface area contributed by atoms with Crippen molar-refractivity contribution in [1.82, 2.24) is 0 Å². The fourth-order valence-electron chi connectivity index (χ4n) is 2.36. The van der Waals surface area contributed by atoms with Crippen molar-refractivity contribution in [3.8, 4) is 5.75 Å². The molecular formula is C19H26ClNO4S. The number of halogens is 1. The molecule has 1 aromatic heterocycles. The molecule has 0 aliphatic carbocycles. The molecule has 2 rings (SSSR count). The first-order chi connectivity index (χ1) is 12.0. The Morgan fingerprint density at radius 3 is 2.35 bits per heavy atom. The Balaban J connectivity index is 0.00000338. The summed E-state index contributed by atoms with van der Waals surface area (Å²) in [6.45, 7) is 2.55. The van der Waals surface area contributed by atoms with Gasteiger partial charge in [-0.2, -0.15) is 0 Å². The lowest BCUT2D eigenvalue weighted by Gasteiger charge is -2.13. The summed E-state index contributed by atoms with van der Waals surface area (Å²) in [5.74, 6) is -0.145. The highest BCUT2D eigenvalue weighted by Crippen LogP contribution is 2.21. The van der Waals surface area contributed by atoms with Crippen LogP contribution in [0.3, 0.4) is 0 Å². The fraction of sp³-hybridized carbons (Fsp3) is 0.421. The Bertz CT molecular complexity index is 672. The molecule has 1 aromatic carbocycles. The fourth-order valence-corrected chi connectivity index (χ4v) is 3.44. The van der Waals surface area contributed by atoms with Gasteiger partial charge >= 0.3 is 5.97 Å². The number of benzene rings is 1. The molecule has 7 heteroatoms. The summed E-state index contributed by atoms with van der Waals surface area (Å²) >= 11 is 1.79. The average Bonchev–Trinajstić information content (AvgIpc) is 3.04. The lowest BCUT2D eigenvalue weighted by atomic mass is 10.0. The molecule has 1 unspecified atom stereocenters. The maximum Gasteiger partial charge on any atom is 0.335 e. The SMILES string of the molecule is C[C@H](CCc1ccc(CCCOc2ccc(C(=O)O)cc2)s1)C(N)O.Cl. The first kappa shape index (κ1) is 22.4. The van der Waals surface area contributed by atoms with Crippen LogP contribution in [0.25, 0.3) is 0 Å². The summed E-state index contributed by atoms with van der Waals surface area (Å²) in [6, 6.07) is 10.7. The minimum atomic E-state index is -0.935. The van der Waals surface area contributed by atoms with Crippen LogP contribution < -0.4 is 10.5 Å². The molecule has 0 bridgehead atoms. The Kier molecular flexibility index (Phi) is 9.65. The van der Waals surface area contributed by atoms with Gasteiger partial charge in [0, 0.05) is 9.75 Å². The number of carboxylic acid groups (broad SMARTS) is 1. The van der Waals surface area contributed by atoms with E-state index in [0.29, 0.717) is 12.4 Å². The van der Waals surface area contributed by atoms with E-state index in [2.05, 4.69) is 12.1 Å². The summed E-state index contributed by atoms with van der Waals surface area (Å²) in [5, 5.41) is 18.2. The number of rotatable bonds is 10. The molecule has 5 nitrogen and oxygen atoms in total. The summed E-state index contributed by atoms with van der Waals surface area (Å²) in [4.78, 5) is 13.4. The molecule has 2 atom stereocenters. The number of hydrogen-bond donors (Lipinski definition) is 3. The van der Waals surface area contributed by atoms with Gasteiger partial charge in [-0.05, 0) is 68.0 Å². The van der Waals surface area contributed by atoms with Crippen LogP contribution in [-0.2, 0) is 12.8 Å². The number of carbonyl (C=O) groups is 1. The maximum absolute atomic E-state index is 10.8. The number of nitrogens with two attached hydrogens (primary N) is 1. The van der Waals surface area contributed by atoms with Gasteiger partial charge in [-0.15, -0.1) is 23.7 Å². The van der Waals surface area contributed by atoms with Crippen LogP contribution in [0.2, 0.25) is 0 Å². The van der Waals surface area contributed by atoms with E-state index >= 15 is 0 Å². The number of aryl methyl sites for hydroxylation is 2. The third-order valence-corrected chi connectivity index (χ3v) is 5.29. The molecule has 0 saturated carbocycles. The van der Waals surface area contributed by atoms with Gasteiger partial charge in [0.2, 0.25) is 0 Å². The normalized spacial score (nSPS) is 12.9. The number of thiophene rings is 1. The van der Waals surface area contributed by atoms with E-state index in [1.54, 1.807) is 35.6 Å². The van der Waals surface area contributed by atoms with Gasteiger partial charge in [0.15, 0.2) is 0 Å². The molecule has 26 heavy (non-hydrogen) atoms. The summed E-state index contributed by atoms with van der Waals surface area (Å²) in [6.07, 6.45) is 2.92. The Morgan fingerprint density at radius 1 is 1.15 bits per heavy atom. The smallest absolute Gasteiger partial charge is 0.335 e. The minimum Gasteiger partial charge on any atom is -0.494 e. The Labute approximate surface area is 164 Å². The second kappa shape index (κ2) is 11.2. The van der Waals surface area contributed by atoms with Crippen molar-refractivity contribution in [2.24, 2.45) is 11.7 Å². The van der Waals surface area contributed by atoms with E-state index in [-0.39, 0.29) is 23.9 Å². The molecule has 0 saturated heterocycles. The van der Waals surface area contributed by atoms with E-state index in [4.69, 9.17) is 15.6 Å². The summed E-state index contributed by atoms with van der Waals surface area (Å²) in [7, 11) is 0. The van der Waals surface area contributed by atoms with Gasteiger partial charge in [0.05, 0.1) is 12.2 Å². The predicted molar refractivity (Wildman–Crippen MR) is 106 cm³/mol. The quantitative estimate of drug-likeness (QED) is 0.418. The van der Waals surface area contributed by atoms with Crippen molar-refractivity contribution in [1.29, 1.82) is 0 Å². The lowest BCUT2D eigenvalue weighted by molar-refractivity contribution is 0.0697. The Hall–Kier alpha value is -1.60. The molecule has 0 amide bonds. The predicted octanol–water partition coefficient (Wildman–Crippen LogP) is 3.73. The van der Waals surface area contributed by atoms with Crippen molar-refractivity contribution < 1.29 is 19.7 Å². The number of hydrogen-bond acceptors (Lipinski definition) is 5. The van der Waals surface area contributed by atoms with Crippen molar-refractivity contribution in [3.63, 3.8) is 0 Å². The van der Waals surface area contributed by atoms with Crippen LogP contribution in [0.15, 0.2) is 36.4 Å². The highest BCUT2D eigenvalue weighted by molar-refractivity contribution is 7.11. The second-order valence-electron chi connectivity index (χ2n) is 6.16. The molecule has 2 aromatic rings. The summed E-state index contributed by atoms with van der Waals surface area (Å²) in [5.41, 5.74) is 5.73.